The van der Waals surface area contributed by atoms with Crippen molar-refractivity contribution in [1.82, 2.24) is 10.2 Å². The SMILES string of the molecule is COC1CCC(C(=O)NC[C@H]2CCCN(C)C2)CC1. The number of ether oxygens (including phenoxy) is 1. The maximum absolute atomic E-state index is 12.2. The molecule has 4 heteroatoms. The minimum Gasteiger partial charge on any atom is -0.381 e. The minimum absolute atomic E-state index is 0.215. The molecule has 19 heavy (non-hydrogen) atoms. The molecule has 1 saturated heterocycles. The number of nitrogens with one attached hydrogen (secondary N) is 1. The summed E-state index contributed by atoms with van der Waals surface area (Å²) < 4.78 is 5.35. The van der Waals surface area contributed by atoms with E-state index >= 15 is 0 Å². The molecule has 1 saturated carbocycles. The van der Waals surface area contributed by atoms with Crippen LogP contribution in [0.25, 0.3) is 0 Å². The fraction of sp³-hybridized carbons (Fsp3) is 0.933. The van der Waals surface area contributed by atoms with Gasteiger partial charge in [-0.1, -0.05) is 0 Å². The van der Waals surface area contributed by atoms with Crippen molar-refractivity contribution in [3.05, 3.63) is 0 Å². The van der Waals surface area contributed by atoms with Gasteiger partial charge < -0.3 is 15.0 Å². The lowest BCUT2D eigenvalue weighted by molar-refractivity contribution is -0.127. The lowest BCUT2D eigenvalue weighted by atomic mass is 9.86. The lowest BCUT2D eigenvalue weighted by Gasteiger charge is -2.31. The Bertz CT molecular complexity index is 288. The van der Waals surface area contributed by atoms with Gasteiger partial charge in [-0.05, 0) is 58.0 Å². The summed E-state index contributed by atoms with van der Waals surface area (Å²) in [7, 11) is 3.94. The van der Waals surface area contributed by atoms with Crippen molar-refractivity contribution in [2.24, 2.45) is 11.8 Å². The van der Waals surface area contributed by atoms with Gasteiger partial charge in [0, 0.05) is 26.1 Å². The largest absolute Gasteiger partial charge is 0.381 e. The van der Waals surface area contributed by atoms with Crippen LogP contribution in [0.5, 0.6) is 0 Å². The van der Waals surface area contributed by atoms with Gasteiger partial charge >= 0.3 is 0 Å². The number of hydrogen-bond acceptors (Lipinski definition) is 3. The second-order valence-electron chi connectivity index (χ2n) is 6.22. The highest BCUT2D eigenvalue weighted by Crippen LogP contribution is 2.26. The number of hydrogen-bond donors (Lipinski definition) is 1. The second-order valence-corrected chi connectivity index (χ2v) is 6.22. The van der Waals surface area contributed by atoms with Crippen LogP contribution in [0.3, 0.4) is 0 Å². The van der Waals surface area contributed by atoms with E-state index in [0.29, 0.717) is 12.0 Å². The molecule has 2 fully saturated rings. The van der Waals surface area contributed by atoms with E-state index in [9.17, 15) is 4.79 Å². The Hall–Kier alpha value is -0.610. The molecular weight excluding hydrogens is 240 g/mol. The molecule has 1 aliphatic heterocycles. The van der Waals surface area contributed by atoms with Crippen molar-refractivity contribution in [3.63, 3.8) is 0 Å². The first-order valence-electron chi connectivity index (χ1n) is 7.68. The van der Waals surface area contributed by atoms with Gasteiger partial charge in [-0.3, -0.25) is 4.79 Å². The van der Waals surface area contributed by atoms with Crippen LogP contribution in [0.2, 0.25) is 0 Å². The highest BCUT2D eigenvalue weighted by Gasteiger charge is 2.26. The average molecular weight is 268 g/mol. The predicted molar refractivity (Wildman–Crippen MR) is 76.0 cm³/mol. The molecule has 0 radical (unpaired) electrons. The zero-order valence-corrected chi connectivity index (χ0v) is 12.4. The van der Waals surface area contributed by atoms with Crippen LogP contribution in [0, 0.1) is 11.8 Å². The molecule has 110 valence electrons. The first-order valence-corrected chi connectivity index (χ1v) is 7.68. The number of nitrogens with zero attached hydrogens (tertiary/aromatic N) is 1. The van der Waals surface area contributed by atoms with E-state index in [-0.39, 0.29) is 11.8 Å². The van der Waals surface area contributed by atoms with E-state index in [1.807, 2.05) is 0 Å². The van der Waals surface area contributed by atoms with E-state index in [0.717, 1.165) is 38.8 Å². The smallest absolute Gasteiger partial charge is 0.223 e. The molecule has 1 atom stereocenters. The third-order valence-corrected chi connectivity index (χ3v) is 4.67. The van der Waals surface area contributed by atoms with Crippen molar-refractivity contribution < 1.29 is 9.53 Å². The first-order chi connectivity index (χ1) is 9.19. The van der Waals surface area contributed by atoms with Crippen molar-refractivity contribution in [1.29, 1.82) is 0 Å². The molecule has 4 nitrogen and oxygen atoms in total. The quantitative estimate of drug-likeness (QED) is 0.843. The van der Waals surface area contributed by atoms with Crippen molar-refractivity contribution >= 4 is 5.91 Å². The van der Waals surface area contributed by atoms with E-state index in [1.165, 1.54) is 19.4 Å². The van der Waals surface area contributed by atoms with Gasteiger partial charge in [-0.15, -0.1) is 0 Å². The van der Waals surface area contributed by atoms with Crippen LogP contribution in [0.4, 0.5) is 0 Å². The fourth-order valence-corrected chi connectivity index (χ4v) is 3.39. The minimum atomic E-state index is 0.215. The maximum Gasteiger partial charge on any atom is 0.223 e. The highest BCUT2D eigenvalue weighted by molar-refractivity contribution is 5.78. The summed E-state index contributed by atoms with van der Waals surface area (Å²) in [6.45, 7) is 3.18. The number of amides is 1. The Labute approximate surface area is 116 Å². The van der Waals surface area contributed by atoms with Gasteiger partial charge in [0.15, 0.2) is 0 Å². The summed E-state index contributed by atoms with van der Waals surface area (Å²) in [4.78, 5) is 14.5. The fourth-order valence-electron chi connectivity index (χ4n) is 3.39. The molecule has 0 unspecified atom stereocenters. The molecule has 1 N–H and O–H groups in total. The van der Waals surface area contributed by atoms with Crippen molar-refractivity contribution in [2.45, 2.75) is 44.6 Å². The molecule has 2 aliphatic rings. The highest BCUT2D eigenvalue weighted by atomic mass is 16.5. The number of carbonyl (C=O) groups is 1. The molecule has 1 aliphatic carbocycles. The Balaban J connectivity index is 1.67. The van der Waals surface area contributed by atoms with Gasteiger partial charge in [0.2, 0.25) is 5.91 Å². The topological polar surface area (TPSA) is 41.6 Å². The zero-order valence-electron chi connectivity index (χ0n) is 12.4. The van der Waals surface area contributed by atoms with E-state index in [2.05, 4.69) is 17.3 Å². The van der Waals surface area contributed by atoms with Crippen LogP contribution < -0.4 is 5.32 Å². The summed E-state index contributed by atoms with van der Waals surface area (Å²) in [6, 6.07) is 0. The Morgan fingerprint density at radius 1 is 1.26 bits per heavy atom. The Morgan fingerprint density at radius 2 is 2.00 bits per heavy atom. The zero-order chi connectivity index (χ0) is 13.7. The number of piperidine rings is 1. The Morgan fingerprint density at radius 3 is 2.63 bits per heavy atom. The van der Waals surface area contributed by atoms with E-state index in [1.54, 1.807) is 7.11 Å². The van der Waals surface area contributed by atoms with Crippen LogP contribution in [-0.2, 0) is 9.53 Å². The lowest BCUT2D eigenvalue weighted by Crippen LogP contribution is -2.41. The molecule has 2 rings (SSSR count). The molecule has 0 aromatic heterocycles. The van der Waals surface area contributed by atoms with Crippen molar-refractivity contribution in [2.75, 3.05) is 33.8 Å². The van der Waals surface area contributed by atoms with Gasteiger partial charge in [0.1, 0.15) is 0 Å². The van der Waals surface area contributed by atoms with Crippen LogP contribution in [-0.4, -0.2) is 50.7 Å². The number of likely N-dealkylation sites (tertiary alicyclic amines) is 1. The van der Waals surface area contributed by atoms with Crippen LogP contribution >= 0.6 is 0 Å². The summed E-state index contributed by atoms with van der Waals surface area (Å²) in [6.07, 6.45) is 6.90. The number of methoxy groups -OCH3 is 1. The van der Waals surface area contributed by atoms with Gasteiger partial charge in [0.25, 0.3) is 0 Å². The third kappa shape index (κ3) is 4.46. The van der Waals surface area contributed by atoms with Gasteiger partial charge in [-0.2, -0.15) is 0 Å². The van der Waals surface area contributed by atoms with Crippen LogP contribution in [0.1, 0.15) is 38.5 Å². The normalized spacial score (nSPS) is 33.1. The summed E-state index contributed by atoms with van der Waals surface area (Å²) in [5, 5.41) is 3.17. The molecule has 0 bridgehead atoms. The standard InChI is InChI=1S/C15H28N2O2/c1-17-9-3-4-12(11-17)10-16-15(18)13-5-7-14(19-2)8-6-13/h12-14H,3-11H2,1-2H3,(H,16,18)/t12-,13?,14?/m1/s1. The van der Waals surface area contributed by atoms with E-state index < -0.39 is 0 Å². The number of carbonyl (C=O) groups excluding carboxylic acids is 1. The third-order valence-electron chi connectivity index (χ3n) is 4.67. The molecule has 1 amide bonds. The summed E-state index contributed by atoms with van der Waals surface area (Å²) in [5.74, 6) is 1.12. The molecule has 0 aromatic carbocycles. The predicted octanol–water partition coefficient (Wildman–Crippen LogP) is 1.65. The molecule has 0 spiro atoms. The molecule has 0 aromatic rings. The summed E-state index contributed by atoms with van der Waals surface area (Å²) >= 11 is 0. The monoisotopic (exact) mass is 268 g/mol. The van der Waals surface area contributed by atoms with E-state index in [4.69, 9.17) is 4.74 Å². The van der Waals surface area contributed by atoms with Crippen molar-refractivity contribution in [3.8, 4) is 0 Å². The molecular formula is C15H28N2O2. The molecule has 1 heterocycles. The van der Waals surface area contributed by atoms with Gasteiger partial charge in [-0.25, -0.2) is 0 Å². The Kier molecular flexibility index (Phi) is 5.64. The summed E-state index contributed by atoms with van der Waals surface area (Å²) in [5.41, 5.74) is 0. The maximum atomic E-state index is 12.2. The van der Waals surface area contributed by atoms with Gasteiger partial charge in [0.05, 0.1) is 6.10 Å². The second kappa shape index (κ2) is 7.25. The number of rotatable bonds is 4. The van der Waals surface area contributed by atoms with Crippen LogP contribution in [0.15, 0.2) is 0 Å². The first kappa shape index (κ1) is 14.8. The average Bonchev–Trinajstić information content (AvgIpc) is 2.45.